The van der Waals surface area contributed by atoms with E-state index in [0.717, 1.165) is 0 Å². The van der Waals surface area contributed by atoms with Gasteiger partial charge in [-0.05, 0) is 43.0 Å². The number of nitrogens with zero attached hydrogens (tertiary/aromatic N) is 1. The van der Waals surface area contributed by atoms with E-state index in [1.165, 1.54) is 22.3 Å². The summed E-state index contributed by atoms with van der Waals surface area (Å²) >= 11 is 0. The lowest BCUT2D eigenvalue weighted by Gasteiger charge is -2.06. The zero-order valence-electron chi connectivity index (χ0n) is 10.2. The van der Waals surface area contributed by atoms with E-state index in [4.69, 9.17) is 0 Å². The second kappa shape index (κ2) is 6.36. The topological polar surface area (TPSA) is 12.4 Å². The van der Waals surface area contributed by atoms with Gasteiger partial charge in [0.25, 0.3) is 0 Å². The maximum absolute atomic E-state index is 4.01. The Hall–Kier alpha value is -1.11. The van der Waals surface area contributed by atoms with Gasteiger partial charge >= 0.3 is 0 Å². The molecule has 0 saturated carbocycles. The third-order valence-corrected chi connectivity index (χ3v) is 2.37. The van der Waals surface area contributed by atoms with E-state index in [1.807, 2.05) is 20.1 Å². The predicted octanol–water partition coefficient (Wildman–Crippen LogP) is 3.69. The van der Waals surface area contributed by atoms with Crippen LogP contribution in [0, 0.1) is 20.8 Å². The molecule has 0 bridgehead atoms. The van der Waals surface area contributed by atoms with Crippen molar-refractivity contribution in [3.63, 3.8) is 0 Å². The van der Waals surface area contributed by atoms with E-state index < -0.39 is 0 Å². The molecule has 1 rings (SSSR count). The lowest BCUT2D eigenvalue weighted by Crippen LogP contribution is -1.92. The molecule has 0 aliphatic heterocycles. The summed E-state index contributed by atoms with van der Waals surface area (Å²) in [6.07, 6.45) is 1.90. The normalized spacial score (nSPS) is 9.86. The Labute approximate surface area is 87.9 Å². The van der Waals surface area contributed by atoms with Crippen LogP contribution in [0.2, 0.25) is 0 Å². The van der Waals surface area contributed by atoms with Crippen molar-refractivity contribution >= 4 is 6.21 Å². The molecule has 0 aliphatic rings. The lowest BCUT2D eigenvalue weighted by molar-refractivity contribution is 1.26. The summed E-state index contributed by atoms with van der Waals surface area (Å²) < 4.78 is 0. The van der Waals surface area contributed by atoms with E-state index >= 15 is 0 Å². The van der Waals surface area contributed by atoms with Crippen LogP contribution in [0.1, 0.15) is 36.1 Å². The van der Waals surface area contributed by atoms with Crippen molar-refractivity contribution in [2.75, 3.05) is 7.05 Å². The van der Waals surface area contributed by atoms with Gasteiger partial charge in [0.15, 0.2) is 0 Å². The number of aryl methyl sites for hydroxylation is 1. The highest BCUT2D eigenvalue weighted by atomic mass is 14.6. The molecule has 0 saturated heterocycles. The fraction of sp³-hybridized carbons (Fsp3) is 0.462. The molecular weight excluding hydrogens is 170 g/mol. The van der Waals surface area contributed by atoms with E-state index in [0.29, 0.717) is 0 Å². The summed E-state index contributed by atoms with van der Waals surface area (Å²) in [6, 6.07) is 4.25. The van der Waals surface area contributed by atoms with Crippen LogP contribution in [0.3, 0.4) is 0 Å². The fourth-order valence-corrected chi connectivity index (χ4v) is 1.26. The Morgan fingerprint density at radius 3 is 2.07 bits per heavy atom. The molecule has 0 atom stereocenters. The maximum atomic E-state index is 4.01. The Morgan fingerprint density at radius 2 is 1.57 bits per heavy atom. The van der Waals surface area contributed by atoms with Gasteiger partial charge in [-0.15, -0.1) is 0 Å². The molecule has 0 radical (unpaired) electrons. The SMILES string of the molecule is CC.CN=Cc1ccc(C)c(C)c1C. The van der Waals surface area contributed by atoms with Gasteiger partial charge in [-0.2, -0.15) is 0 Å². The summed E-state index contributed by atoms with van der Waals surface area (Å²) in [7, 11) is 1.80. The standard InChI is InChI=1S/C11H15N.C2H6/c1-8-5-6-11(7-12-4)10(3)9(8)2;1-2/h5-7H,1-4H3;1-2H3. The van der Waals surface area contributed by atoms with Crippen LogP contribution in [0.15, 0.2) is 17.1 Å². The van der Waals surface area contributed by atoms with Crippen molar-refractivity contribution in [3.8, 4) is 0 Å². The highest BCUT2D eigenvalue weighted by molar-refractivity contribution is 5.82. The Morgan fingerprint density at radius 1 is 1.00 bits per heavy atom. The van der Waals surface area contributed by atoms with Crippen molar-refractivity contribution in [2.45, 2.75) is 34.6 Å². The molecular formula is C13H21N. The van der Waals surface area contributed by atoms with Crippen LogP contribution >= 0.6 is 0 Å². The van der Waals surface area contributed by atoms with Gasteiger partial charge in [-0.3, -0.25) is 4.99 Å². The summed E-state index contributed by atoms with van der Waals surface area (Å²) in [4.78, 5) is 4.01. The van der Waals surface area contributed by atoms with Gasteiger partial charge in [0.05, 0.1) is 0 Å². The van der Waals surface area contributed by atoms with Crippen LogP contribution in [-0.4, -0.2) is 13.3 Å². The highest BCUT2D eigenvalue weighted by Crippen LogP contribution is 2.15. The van der Waals surface area contributed by atoms with Crippen molar-refractivity contribution < 1.29 is 0 Å². The number of rotatable bonds is 1. The molecule has 1 aromatic carbocycles. The highest BCUT2D eigenvalue weighted by Gasteiger charge is 2.00. The zero-order chi connectivity index (χ0) is 11.1. The first-order valence-corrected chi connectivity index (χ1v) is 5.15. The molecule has 1 aromatic rings. The molecule has 0 aliphatic carbocycles. The zero-order valence-corrected chi connectivity index (χ0v) is 10.2. The minimum absolute atomic E-state index is 1.22. The summed E-state index contributed by atoms with van der Waals surface area (Å²) in [5, 5.41) is 0. The molecule has 0 aromatic heterocycles. The molecule has 0 spiro atoms. The lowest BCUT2D eigenvalue weighted by atomic mass is 10.00. The molecule has 14 heavy (non-hydrogen) atoms. The molecule has 0 unspecified atom stereocenters. The Balaban J connectivity index is 0.000000791. The van der Waals surface area contributed by atoms with E-state index in [-0.39, 0.29) is 0 Å². The second-order valence-corrected chi connectivity index (χ2v) is 3.11. The molecule has 1 heteroatoms. The molecule has 78 valence electrons. The van der Waals surface area contributed by atoms with Crippen LogP contribution in [0.5, 0.6) is 0 Å². The Bertz CT molecular complexity index is 311. The average molecular weight is 191 g/mol. The third-order valence-electron chi connectivity index (χ3n) is 2.37. The van der Waals surface area contributed by atoms with Crippen LogP contribution < -0.4 is 0 Å². The van der Waals surface area contributed by atoms with Crippen molar-refractivity contribution in [2.24, 2.45) is 4.99 Å². The Kier molecular flexibility index (Phi) is 5.86. The number of benzene rings is 1. The summed E-state index contributed by atoms with van der Waals surface area (Å²) in [5.41, 5.74) is 5.27. The van der Waals surface area contributed by atoms with E-state index in [2.05, 4.69) is 37.9 Å². The summed E-state index contributed by atoms with van der Waals surface area (Å²) in [6.45, 7) is 10.4. The minimum Gasteiger partial charge on any atom is -0.296 e. The first kappa shape index (κ1) is 12.9. The number of hydrogen-bond donors (Lipinski definition) is 0. The molecule has 0 N–H and O–H groups in total. The monoisotopic (exact) mass is 191 g/mol. The molecule has 0 heterocycles. The summed E-state index contributed by atoms with van der Waals surface area (Å²) in [5.74, 6) is 0. The van der Waals surface area contributed by atoms with Crippen molar-refractivity contribution in [3.05, 3.63) is 34.4 Å². The smallest absolute Gasteiger partial charge is 0.0284 e. The van der Waals surface area contributed by atoms with Gasteiger partial charge < -0.3 is 0 Å². The van der Waals surface area contributed by atoms with Crippen LogP contribution in [0.25, 0.3) is 0 Å². The van der Waals surface area contributed by atoms with Gasteiger partial charge in [0.1, 0.15) is 0 Å². The van der Waals surface area contributed by atoms with Crippen LogP contribution in [-0.2, 0) is 0 Å². The van der Waals surface area contributed by atoms with E-state index in [1.54, 1.807) is 7.05 Å². The van der Waals surface area contributed by atoms with Gasteiger partial charge in [0.2, 0.25) is 0 Å². The molecule has 1 nitrogen and oxygen atoms in total. The average Bonchev–Trinajstić information content (AvgIpc) is 2.22. The maximum Gasteiger partial charge on any atom is 0.0284 e. The quantitative estimate of drug-likeness (QED) is 0.600. The minimum atomic E-state index is 1.22. The second-order valence-electron chi connectivity index (χ2n) is 3.11. The first-order chi connectivity index (χ1) is 6.66. The van der Waals surface area contributed by atoms with Gasteiger partial charge in [-0.25, -0.2) is 0 Å². The fourth-order valence-electron chi connectivity index (χ4n) is 1.26. The van der Waals surface area contributed by atoms with Crippen LogP contribution in [0.4, 0.5) is 0 Å². The largest absolute Gasteiger partial charge is 0.296 e. The molecule has 0 amide bonds. The van der Waals surface area contributed by atoms with Gasteiger partial charge in [-0.1, -0.05) is 26.0 Å². The molecule has 0 fully saturated rings. The first-order valence-electron chi connectivity index (χ1n) is 5.15. The third kappa shape index (κ3) is 2.99. The number of aliphatic imine (C=N–C) groups is 1. The van der Waals surface area contributed by atoms with Gasteiger partial charge in [0, 0.05) is 13.3 Å². The predicted molar refractivity (Wildman–Crippen MR) is 65.5 cm³/mol. The van der Waals surface area contributed by atoms with Crippen molar-refractivity contribution in [1.82, 2.24) is 0 Å². The number of hydrogen-bond acceptors (Lipinski definition) is 1. The van der Waals surface area contributed by atoms with E-state index in [9.17, 15) is 0 Å². The van der Waals surface area contributed by atoms with Crippen molar-refractivity contribution in [1.29, 1.82) is 0 Å².